The second-order valence-electron chi connectivity index (χ2n) is 4.26. The van der Waals surface area contributed by atoms with Crippen LogP contribution < -0.4 is 5.73 Å². The number of halogens is 2. The van der Waals surface area contributed by atoms with Crippen LogP contribution in [-0.4, -0.2) is 12.3 Å². The number of nitrogens with two attached hydrogens (primary N) is 1. The van der Waals surface area contributed by atoms with Gasteiger partial charge in [0.2, 0.25) is 0 Å². The molecule has 86 valence electrons. The summed E-state index contributed by atoms with van der Waals surface area (Å²) in [7, 11) is 0. The fraction of sp³-hybridized carbons (Fsp3) is 0.417. The molecule has 0 saturated heterocycles. The lowest BCUT2D eigenvalue weighted by molar-refractivity contribution is 0.0626. The number of ketones is 1. The molecule has 1 aliphatic carbocycles. The van der Waals surface area contributed by atoms with Crippen LogP contribution in [0.5, 0.6) is 0 Å². The van der Waals surface area contributed by atoms with Gasteiger partial charge in [-0.3, -0.25) is 4.79 Å². The molecule has 0 amide bonds. The maximum Gasteiger partial charge on any atom is 0.176 e. The smallest absolute Gasteiger partial charge is 0.176 e. The Kier molecular flexibility index (Phi) is 2.76. The van der Waals surface area contributed by atoms with E-state index in [-0.39, 0.29) is 6.54 Å². The minimum absolute atomic E-state index is 0.152. The maximum atomic E-state index is 13.4. The fourth-order valence-electron chi connectivity index (χ4n) is 2.11. The van der Waals surface area contributed by atoms with Gasteiger partial charge in [-0.1, -0.05) is 12.5 Å². The molecule has 1 fully saturated rings. The van der Waals surface area contributed by atoms with Crippen LogP contribution in [0.25, 0.3) is 0 Å². The first-order valence-corrected chi connectivity index (χ1v) is 5.30. The Morgan fingerprint density at radius 1 is 1.31 bits per heavy atom. The van der Waals surface area contributed by atoms with Gasteiger partial charge in [0.05, 0.1) is 5.56 Å². The van der Waals surface area contributed by atoms with Crippen LogP contribution in [0.4, 0.5) is 8.78 Å². The zero-order valence-corrected chi connectivity index (χ0v) is 8.80. The van der Waals surface area contributed by atoms with E-state index in [1.807, 2.05) is 0 Å². The normalized spacial score (nSPS) is 17.9. The van der Waals surface area contributed by atoms with Crippen molar-refractivity contribution in [2.45, 2.75) is 19.3 Å². The standard InChI is InChI=1S/C12H13F2NO/c13-8-3-1-4-9(14)10(8)11(16)12(7-15)5-2-6-12/h1,3-4H,2,5-7,15H2. The Morgan fingerprint density at radius 2 is 1.88 bits per heavy atom. The molecule has 1 aromatic carbocycles. The first-order valence-electron chi connectivity index (χ1n) is 5.30. The molecular formula is C12H13F2NO. The molecule has 4 heteroatoms. The Morgan fingerprint density at radius 3 is 2.25 bits per heavy atom. The van der Waals surface area contributed by atoms with Gasteiger partial charge in [-0.2, -0.15) is 0 Å². The van der Waals surface area contributed by atoms with Gasteiger partial charge in [0, 0.05) is 12.0 Å². The third-order valence-corrected chi connectivity index (χ3v) is 3.37. The first kappa shape index (κ1) is 11.2. The van der Waals surface area contributed by atoms with E-state index in [9.17, 15) is 13.6 Å². The topological polar surface area (TPSA) is 43.1 Å². The first-order chi connectivity index (χ1) is 7.60. The van der Waals surface area contributed by atoms with E-state index in [0.29, 0.717) is 12.8 Å². The highest BCUT2D eigenvalue weighted by Crippen LogP contribution is 2.43. The van der Waals surface area contributed by atoms with Crippen LogP contribution in [0.15, 0.2) is 18.2 Å². The van der Waals surface area contributed by atoms with Gasteiger partial charge in [0.1, 0.15) is 11.6 Å². The SMILES string of the molecule is NCC1(C(=O)c2c(F)cccc2F)CCC1. The van der Waals surface area contributed by atoms with E-state index >= 15 is 0 Å². The summed E-state index contributed by atoms with van der Waals surface area (Å²) in [5.74, 6) is -2.09. The summed E-state index contributed by atoms with van der Waals surface area (Å²) in [6, 6.07) is 3.44. The molecule has 0 unspecified atom stereocenters. The molecule has 1 saturated carbocycles. The summed E-state index contributed by atoms with van der Waals surface area (Å²) in [6.45, 7) is 0.152. The highest BCUT2D eigenvalue weighted by molar-refractivity contribution is 6.01. The van der Waals surface area contributed by atoms with Crippen LogP contribution in [0.1, 0.15) is 29.6 Å². The second-order valence-corrected chi connectivity index (χ2v) is 4.26. The molecule has 0 aromatic heterocycles. The largest absolute Gasteiger partial charge is 0.329 e. The predicted octanol–water partition coefficient (Wildman–Crippen LogP) is 2.28. The lowest BCUT2D eigenvalue weighted by Crippen LogP contribution is -2.45. The molecule has 2 N–H and O–H groups in total. The molecule has 16 heavy (non-hydrogen) atoms. The quantitative estimate of drug-likeness (QED) is 0.802. The Hall–Kier alpha value is -1.29. The zero-order valence-electron chi connectivity index (χ0n) is 8.80. The number of hydrogen-bond acceptors (Lipinski definition) is 2. The minimum Gasteiger partial charge on any atom is -0.329 e. The molecular weight excluding hydrogens is 212 g/mol. The van der Waals surface area contributed by atoms with Crippen molar-refractivity contribution in [3.8, 4) is 0 Å². The highest BCUT2D eigenvalue weighted by atomic mass is 19.1. The average Bonchev–Trinajstić information content (AvgIpc) is 2.16. The molecule has 0 spiro atoms. The number of carbonyl (C=O) groups excluding carboxylic acids is 1. The molecule has 1 aliphatic rings. The van der Waals surface area contributed by atoms with Crippen molar-refractivity contribution in [3.05, 3.63) is 35.4 Å². The van der Waals surface area contributed by atoms with E-state index in [1.54, 1.807) is 0 Å². The Bertz CT molecular complexity index is 401. The Balaban J connectivity index is 2.41. The summed E-state index contributed by atoms with van der Waals surface area (Å²) in [4.78, 5) is 12.1. The van der Waals surface area contributed by atoms with Crippen molar-refractivity contribution in [2.24, 2.45) is 11.1 Å². The third-order valence-electron chi connectivity index (χ3n) is 3.37. The fourth-order valence-corrected chi connectivity index (χ4v) is 2.11. The highest BCUT2D eigenvalue weighted by Gasteiger charge is 2.44. The summed E-state index contributed by atoms with van der Waals surface area (Å²) < 4.78 is 26.9. The molecule has 2 rings (SSSR count). The summed E-state index contributed by atoms with van der Waals surface area (Å²) >= 11 is 0. The molecule has 0 atom stereocenters. The van der Waals surface area contributed by atoms with E-state index in [1.165, 1.54) is 6.07 Å². The number of Topliss-reactive ketones (excluding diaryl/α,β-unsaturated/α-hetero) is 1. The van der Waals surface area contributed by atoms with Crippen molar-refractivity contribution < 1.29 is 13.6 Å². The monoisotopic (exact) mass is 225 g/mol. The van der Waals surface area contributed by atoms with Gasteiger partial charge in [0.15, 0.2) is 5.78 Å². The molecule has 0 bridgehead atoms. The molecule has 1 aromatic rings. The summed E-state index contributed by atoms with van der Waals surface area (Å²) in [6.07, 6.45) is 2.13. The lowest BCUT2D eigenvalue weighted by Gasteiger charge is -2.39. The van der Waals surface area contributed by atoms with Gasteiger partial charge < -0.3 is 5.73 Å². The van der Waals surface area contributed by atoms with Crippen LogP contribution in [0.3, 0.4) is 0 Å². The van der Waals surface area contributed by atoms with Gasteiger partial charge in [-0.05, 0) is 25.0 Å². The summed E-state index contributed by atoms with van der Waals surface area (Å²) in [5, 5.41) is 0. The predicted molar refractivity (Wildman–Crippen MR) is 56.0 cm³/mol. The third kappa shape index (κ3) is 1.53. The lowest BCUT2D eigenvalue weighted by atomic mass is 9.64. The summed E-state index contributed by atoms with van der Waals surface area (Å²) in [5.41, 5.74) is 4.37. The second kappa shape index (κ2) is 3.94. The number of hydrogen-bond donors (Lipinski definition) is 1. The average molecular weight is 225 g/mol. The molecule has 0 heterocycles. The van der Waals surface area contributed by atoms with Gasteiger partial charge in [-0.15, -0.1) is 0 Å². The van der Waals surface area contributed by atoms with Gasteiger partial charge >= 0.3 is 0 Å². The van der Waals surface area contributed by atoms with Crippen LogP contribution in [0.2, 0.25) is 0 Å². The van der Waals surface area contributed by atoms with E-state index in [4.69, 9.17) is 5.73 Å². The van der Waals surface area contributed by atoms with Crippen molar-refractivity contribution in [2.75, 3.05) is 6.54 Å². The number of benzene rings is 1. The van der Waals surface area contributed by atoms with Gasteiger partial charge in [-0.25, -0.2) is 8.78 Å². The van der Waals surface area contributed by atoms with Crippen molar-refractivity contribution in [3.63, 3.8) is 0 Å². The van der Waals surface area contributed by atoms with Gasteiger partial charge in [0.25, 0.3) is 0 Å². The zero-order chi connectivity index (χ0) is 11.8. The van der Waals surface area contributed by atoms with Crippen molar-refractivity contribution in [1.29, 1.82) is 0 Å². The van der Waals surface area contributed by atoms with Crippen LogP contribution in [-0.2, 0) is 0 Å². The maximum absolute atomic E-state index is 13.4. The molecule has 0 aliphatic heterocycles. The molecule has 2 nitrogen and oxygen atoms in total. The van der Waals surface area contributed by atoms with Crippen molar-refractivity contribution in [1.82, 2.24) is 0 Å². The van der Waals surface area contributed by atoms with Crippen LogP contribution in [0, 0.1) is 17.0 Å². The van der Waals surface area contributed by atoms with E-state index in [0.717, 1.165) is 18.6 Å². The minimum atomic E-state index is -0.801. The Labute approximate surface area is 92.4 Å². The number of rotatable bonds is 3. The van der Waals surface area contributed by atoms with Crippen molar-refractivity contribution >= 4 is 5.78 Å². The van der Waals surface area contributed by atoms with Crippen LogP contribution >= 0.6 is 0 Å². The van der Waals surface area contributed by atoms with E-state index < -0.39 is 28.4 Å². The molecule has 0 radical (unpaired) electrons. The van der Waals surface area contributed by atoms with E-state index in [2.05, 4.69) is 0 Å². The number of carbonyl (C=O) groups is 1.